The fourth-order valence-electron chi connectivity index (χ4n) is 2.79. The topological polar surface area (TPSA) is 82.8 Å². The Kier molecular flexibility index (Phi) is 4.97. The molecule has 0 aromatic carbocycles. The lowest BCUT2D eigenvalue weighted by Crippen LogP contribution is -2.37. The van der Waals surface area contributed by atoms with E-state index in [1.54, 1.807) is 24.4 Å². The Bertz CT molecular complexity index is 807. The van der Waals surface area contributed by atoms with E-state index in [0.29, 0.717) is 29.3 Å². The zero-order chi connectivity index (χ0) is 17.8. The summed E-state index contributed by atoms with van der Waals surface area (Å²) in [5, 5.41) is 5.44. The average molecular weight is 342 g/mol. The number of nitrogens with one attached hydrogen (secondary N) is 1. The van der Waals surface area contributed by atoms with E-state index < -0.39 is 5.91 Å². The molecule has 1 aliphatic rings. The number of carbonyl (C=O) groups is 2. The molecule has 8 nitrogen and oxygen atoms in total. The Morgan fingerprint density at radius 2 is 2.08 bits per heavy atom. The molecule has 0 spiro atoms. The van der Waals surface area contributed by atoms with E-state index in [1.807, 2.05) is 18.3 Å². The molecular formula is C17H22N6O2. The van der Waals surface area contributed by atoms with Gasteiger partial charge in [0.2, 0.25) is 12.4 Å². The maximum Gasteiger partial charge on any atom is 0.274 e. The van der Waals surface area contributed by atoms with Gasteiger partial charge >= 0.3 is 0 Å². The van der Waals surface area contributed by atoms with Gasteiger partial charge in [-0.2, -0.15) is 9.99 Å². The lowest BCUT2D eigenvalue weighted by molar-refractivity contribution is -0.133. The first kappa shape index (κ1) is 16.9. The number of carbonyl (C=O) groups excluding carboxylic acids is 2. The summed E-state index contributed by atoms with van der Waals surface area (Å²) in [4.78, 5) is 30.3. The molecule has 1 saturated heterocycles. The van der Waals surface area contributed by atoms with E-state index in [4.69, 9.17) is 0 Å². The van der Waals surface area contributed by atoms with Crippen molar-refractivity contribution in [2.45, 2.75) is 33.1 Å². The molecule has 2 aromatic rings. The first-order valence-electron chi connectivity index (χ1n) is 8.43. The highest BCUT2D eigenvalue weighted by atomic mass is 16.2. The highest BCUT2D eigenvalue weighted by molar-refractivity contribution is 5.99. The Balaban J connectivity index is 1.95. The van der Waals surface area contributed by atoms with Gasteiger partial charge in [-0.05, 0) is 45.2 Å². The first-order chi connectivity index (χ1) is 12.1. The van der Waals surface area contributed by atoms with Crippen LogP contribution in [-0.4, -0.2) is 45.0 Å². The van der Waals surface area contributed by atoms with Crippen LogP contribution in [0.1, 0.15) is 33.1 Å². The molecular weight excluding hydrogens is 320 g/mol. The molecule has 0 unspecified atom stereocenters. The van der Waals surface area contributed by atoms with Crippen molar-refractivity contribution in [1.29, 1.82) is 0 Å². The van der Waals surface area contributed by atoms with Crippen LogP contribution in [0.15, 0.2) is 30.0 Å². The number of fused-ring (bicyclic) bond motifs is 1. The van der Waals surface area contributed by atoms with E-state index in [1.165, 1.54) is 6.42 Å². The van der Waals surface area contributed by atoms with Crippen molar-refractivity contribution < 1.29 is 9.59 Å². The van der Waals surface area contributed by atoms with E-state index >= 15 is 0 Å². The lowest BCUT2D eigenvalue weighted by Gasteiger charge is -2.27. The van der Waals surface area contributed by atoms with Crippen LogP contribution in [0.2, 0.25) is 0 Å². The number of aromatic nitrogens is 3. The summed E-state index contributed by atoms with van der Waals surface area (Å²) in [5.41, 5.74) is 3.99. The normalized spacial score (nSPS) is 15.3. The molecule has 0 aliphatic carbocycles. The van der Waals surface area contributed by atoms with Crippen molar-refractivity contribution in [1.82, 2.24) is 19.6 Å². The summed E-state index contributed by atoms with van der Waals surface area (Å²) in [6.45, 7) is 5.22. The van der Waals surface area contributed by atoms with Gasteiger partial charge in [0, 0.05) is 24.9 Å². The van der Waals surface area contributed by atoms with Gasteiger partial charge in [0.15, 0.2) is 5.82 Å². The minimum Gasteiger partial charge on any atom is -0.340 e. The van der Waals surface area contributed by atoms with Crippen molar-refractivity contribution in [3.05, 3.63) is 30.0 Å². The van der Waals surface area contributed by atoms with Crippen molar-refractivity contribution in [3.63, 3.8) is 0 Å². The number of nitrogens with zero attached hydrogens (tertiary/aromatic N) is 5. The van der Waals surface area contributed by atoms with Gasteiger partial charge in [-0.25, -0.2) is 4.52 Å². The number of amides is 2. The fourth-order valence-corrected chi connectivity index (χ4v) is 2.79. The first-order valence-corrected chi connectivity index (χ1v) is 8.43. The number of piperidine rings is 1. The van der Waals surface area contributed by atoms with Crippen LogP contribution >= 0.6 is 0 Å². The minimum atomic E-state index is -0.416. The molecule has 1 N–H and O–H groups in total. The Hall–Kier alpha value is -2.90. The van der Waals surface area contributed by atoms with Gasteiger partial charge in [0.1, 0.15) is 5.52 Å². The van der Waals surface area contributed by atoms with E-state index in [9.17, 15) is 9.59 Å². The van der Waals surface area contributed by atoms with Gasteiger partial charge in [-0.3, -0.25) is 15.0 Å². The molecule has 0 radical (unpaired) electrons. The lowest BCUT2D eigenvalue weighted by atomic mass is 10.1. The molecule has 1 aliphatic heterocycles. The minimum absolute atomic E-state index is 0.416. The predicted molar refractivity (Wildman–Crippen MR) is 95.0 cm³/mol. The Morgan fingerprint density at radius 1 is 1.32 bits per heavy atom. The summed E-state index contributed by atoms with van der Waals surface area (Å²) < 4.78 is 1.70. The third-order valence-corrected chi connectivity index (χ3v) is 4.34. The van der Waals surface area contributed by atoms with Crippen molar-refractivity contribution in [3.8, 4) is 0 Å². The predicted octanol–water partition coefficient (Wildman–Crippen LogP) is 2.00. The number of hydrogen-bond acceptors (Lipinski definition) is 6. The van der Waals surface area contributed by atoms with E-state index in [2.05, 4.69) is 20.4 Å². The van der Waals surface area contributed by atoms with Gasteiger partial charge in [0.25, 0.3) is 5.91 Å². The summed E-state index contributed by atoms with van der Waals surface area (Å²) in [6, 6.07) is 3.68. The molecule has 3 rings (SSSR count). The second-order valence-electron chi connectivity index (χ2n) is 6.01. The number of anilines is 2. The van der Waals surface area contributed by atoms with E-state index in [-0.39, 0.29) is 0 Å². The molecule has 3 heterocycles. The van der Waals surface area contributed by atoms with Crippen molar-refractivity contribution >= 4 is 29.6 Å². The van der Waals surface area contributed by atoms with Crippen LogP contribution in [0.4, 0.5) is 11.8 Å². The van der Waals surface area contributed by atoms with Gasteiger partial charge in [0.05, 0.1) is 0 Å². The molecule has 8 heteroatoms. The standard InChI is InChI=1S/C17H22N6O2/c1-3-13(2)16(25)23(12-24)19-15-14-8-7-11-22(14)20-17(18-15)21-9-5-4-6-10-21/h3,7-8,11-12H,4-6,9-10H2,1-2H3,(H,18,19,20)/b13-3-. The fraction of sp³-hybridized carbons (Fsp3) is 0.412. The number of hydrazine groups is 1. The maximum atomic E-state index is 12.3. The zero-order valence-corrected chi connectivity index (χ0v) is 14.5. The second kappa shape index (κ2) is 7.33. The van der Waals surface area contributed by atoms with E-state index in [0.717, 1.165) is 30.9 Å². The highest BCUT2D eigenvalue weighted by Gasteiger charge is 2.20. The number of rotatable bonds is 5. The summed E-state index contributed by atoms with van der Waals surface area (Å²) in [7, 11) is 0. The smallest absolute Gasteiger partial charge is 0.274 e. The SMILES string of the molecule is C/C=C(/C)C(=O)N(C=O)Nc1nc(N2CCCCC2)nn2cccc12. The average Bonchev–Trinajstić information content (AvgIpc) is 3.14. The molecule has 2 amide bonds. The molecule has 0 saturated carbocycles. The monoisotopic (exact) mass is 342 g/mol. The van der Waals surface area contributed by atoms with Crippen LogP contribution in [0.25, 0.3) is 5.52 Å². The van der Waals surface area contributed by atoms with Crippen molar-refractivity contribution in [2.75, 3.05) is 23.4 Å². The highest BCUT2D eigenvalue weighted by Crippen LogP contribution is 2.21. The van der Waals surface area contributed by atoms with Crippen LogP contribution < -0.4 is 10.3 Å². The van der Waals surface area contributed by atoms with Gasteiger partial charge in [-0.1, -0.05) is 6.08 Å². The molecule has 25 heavy (non-hydrogen) atoms. The molecule has 2 aromatic heterocycles. The molecule has 132 valence electrons. The largest absolute Gasteiger partial charge is 0.340 e. The maximum absolute atomic E-state index is 12.3. The second-order valence-corrected chi connectivity index (χ2v) is 6.01. The number of allylic oxidation sites excluding steroid dienone is 1. The Labute approximate surface area is 146 Å². The summed E-state index contributed by atoms with van der Waals surface area (Å²) in [6.07, 6.45) is 7.36. The molecule has 0 bridgehead atoms. The van der Waals surface area contributed by atoms with Gasteiger partial charge in [-0.15, -0.1) is 5.10 Å². The third kappa shape index (κ3) is 3.47. The molecule has 0 atom stereocenters. The van der Waals surface area contributed by atoms with Gasteiger partial charge < -0.3 is 4.90 Å². The van der Waals surface area contributed by atoms with Crippen LogP contribution in [0.3, 0.4) is 0 Å². The third-order valence-electron chi connectivity index (χ3n) is 4.34. The molecule has 1 fully saturated rings. The Morgan fingerprint density at radius 3 is 2.76 bits per heavy atom. The summed E-state index contributed by atoms with van der Waals surface area (Å²) >= 11 is 0. The number of imide groups is 1. The van der Waals surface area contributed by atoms with Crippen LogP contribution in [0, 0.1) is 0 Å². The van der Waals surface area contributed by atoms with Crippen LogP contribution in [-0.2, 0) is 9.59 Å². The van der Waals surface area contributed by atoms with Crippen LogP contribution in [0.5, 0.6) is 0 Å². The zero-order valence-electron chi connectivity index (χ0n) is 14.5. The quantitative estimate of drug-likeness (QED) is 0.508. The summed E-state index contributed by atoms with van der Waals surface area (Å²) in [5.74, 6) is 0.595. The van der Waals surface area contributed by atoms with Crippen molar-refractivity contribution in [2.24, 2.45) is 0 Å². The number of hydrogen-bond donors (Lipinski definition) is 1.